The quantitative estimate of drug-likeness (QED) is 0.715. The van der Waals surface area contributed by atoms with E-state index in [0.29, 0.717) is 24.1 Å². The van der Waals surface area contributed by atoms with E-state index in [9.17, 15) is 0 Å². The van der Waals surface area contributed by atoms with Crippen molar-refractivity contribution in [2.75, 3.05) is 13.2 Å². The summed E-state index contributed by atoms with van der Waals surface area (Å²) in [6.07, 6.45) is 0.943. The second kappa shape index (κ2) is 4.45. The Balaban J connectivity index is 1.71. The first-order chi connectivity index (χ1) is 9.79. The number of hydrogen-bond donors (Lipinski definition) is 0. The molecule has 0 bridgehead atoms. The molecule has 5 nitrogen and oxygen atoms in total. The van der Waals surface area contributed by atoms with Gasteiger partial charge in [-0.05, 0) is 31.5 Å². The zero-order chi connectivity index (χ0) is 13.5. The Hall–Kier alpha value is -2.14. The van der Waals surface area contributed by atoms with Crippen molar-refractivity contribution in [3.8, 4) is 11.7 Å². The van der Waals surface area contributed by atoms with Crippen molar-refractivity contribution in [1.29, 1.82) is 0 Å². The van der Waals surface area contributed by atoms with Gasteiger partial charge in [-0.1, -0.05) is 16.8 Å². The standard InChI is InChI=1S/C15H14N2O3/c1-9-2-3-12-11(6-9)7-13(19-12)15-16-14(17-20-15)10-4-5-18-8-10/h2-3,6-7,10H,4-5,8H2,1H3/t10-/m0/s1. The smallest absolute Gasteiger partial charge is 0.293 e. The third-order valence-electron chi connectivity index (χ3n) is 3.62. The molecule has 1 aliphatic heterocycles. The molecule has 0 aliphatic carbocycles. The van der Waals surface area contributed by atoms with Crippen LogP contribution >= 0.6 is 0 Å². The van der Waals surface area contributed by atoms with E-state index in [1.807, 2.05) is 18.2 Å². The molecule has 5 heteroatoms. The van der Waals surface area contributed by atoms with E-state index in [-0.39, 0.29) is 5.92 Å². The SMILES string of the molecule is Cc1ccc2oc(-c3nc([C@H]4CCOC4)no3)cc2c1. The van der Waals surface area contributed by atoms with Gasteiger partial charge in [0, 0.05) is 17.9 Å². The van der Waals surface area contributed by atoms with E-state index in [2.05, 4.69) is 23.1 Å². The molecule has 2 aromatic heterocycles. The molecule has 1 atom stereocenters. The average Bonchev–Trinajstić information content (AvgIpc) is 3.17. The van der Waals surface area contributed by atoms with Crippen LogP contribution in [0.1, 0.15) is 23.7 Å². The number of aromatic nitrogens is 2. The molecule has 0 amide bonds. The molecule has 102 valence electrons. The number of aryl methyl sites for hydroxylation is 1. The van der Waals surface area contributed by atoms with E-state index in [4.69, 9.17) is 13.7 Å². The molecule has 1 saturated heterocycles. The van der Waals surface area contributed by atoms with Crippen molar-refractivity contribution >= 4 is 11.0 Å². The lowest BCUT2D eigenvalue weighted by molar-refractivity contribution is 0.192. The highest BCUT2D eigenvalue weighted by atomic mass is 16.5. The van der Waals surface area contributed by atoms with E-state index in [1.54, 1.807) is 0 Å². The fraction of sp³-hybridized carbons (Fsp3) is 0.333. The summed E-state index contributed by atoms with van der Waals surface area (Å²) >= 11 is 0. The van der Waals surface area contributed by atoms with Crippen LogP contribution in [0.2, 0.25) is 0 Å². The second-order valence-electron chi connectivity index (χ2n) is 5.17. The molecule has 4 rings (SSSR count). The van der Waals surface area contributed by atoms with Gasteiger partial charge < -0.3 is 13.7 Å². The second-order valence-corrected chi connectivity index (χ2v) is 5.17. The van der Waals surface area contributed by atoms with Crippen LogP contribution in [-0.4, -0.2) is 23.4 Å². The van der Waals surface area contributed by atoms with E-state index in [0.717, 1.165) is 24.0 Å². The van der Waals surface area contributed by atoms with Gasteiger partial charge >= 0.3 is 0 Å². The van der Waals surface area contributed by atoms with Crippen LogP contribution in [0.15, 0.2) is 33.2 Å². The molecular formula is C15H14N2O3. The van der Waals surface area contributed by atoms with Gasteiger partial charge in [-0.15, -0.1) is 0 Å². The van der Waals surface area contributed by atoms with E-state index < -0.39 is 0 Å². The fourth-order valence-corrected chi connectivity index (χ4v) is 2.51. The van der Waals surface area contributed by atoms with Gasteiger partial charge in [-0.3, -0.25) is 0 Å². The molecule has 1 fully saturated rings. The minimum atomic E-state index is 0.235. The zero-order valence-electron chi connectivity index (χ0n) is 11.1. The third kappa shape index (κ3) is 1.91. The summed E-state index contributed by atoms with van der Waals surface area (Å²) in [5, 5.41) is 5.08. The van der Waals surface area contributed by atoms with Gasteiger partial charge in [0.05, 0.1) is 6.61 Å². The molecule has 0 N–H and O–H groups in total. The Kier molecular flexibility index (Phi) is 2.60. The van der Waals surface area contributed by atoms with Crippen molar-refractivity contribution in [1.82, 2.24) is 10.1 Å². The van der Waals surface area contributed by atoms with Crippen molar-refractivity contribution < 1.29 is 13.7 Å². The summed E-state index contributed by atoms with van der Waals surface area (Å²) in [7, 11) is 0. The summed E-state index contributed by atoms with van der Waals surface area (Å²) in [6, 6.07) is 7.98. The Bertz CT molecular complexity index is 753. The summed E-state index contributed by atoms with van der Waals surface area (Å²) in [5.74, 6) is 1.98. The van der Waals surface area contributed by atoms with Gasteiger partial charge in [0.1, 0.15) is 5.58 Å². The van der Waals surface area contributed by atoms with Gasteiger partial charge in [0.2, 0.25) is 0 Å². The minimum Gasteiger partial charge on any atom is -0.451 e. The minimum absolute atomic E-state index is 0.235. The van der Waals surface area contributed by atoms with Crippen LogP contribution in [0.5, 0.6) is 0 Å². The predicted molar refractivity (Wildman–Crippen MR) is 72.4 cm³/mol. The van der Waals surface area contributed by atoms with E-state index in [1.165, 1.54) is 5.56 Å². The topological polar surface area (TPSA) is 61.3 Å². The van der Waals surface area contributed by atoms with Crippen LogP contribution in [0.3, 0.4) is 0 Å². The predicted octanol–water partition coefficient (Wildman–Crippen LogP) is 3.30. The highest BCUT2D eigenvalue weighted by Gasteiger charge is 2.24. The first-order valence-corrected chi connectivity index (χ1v) is 6.71. The van der Waals surface area contributed by atoms with Crippen LogP contribution < -0.4 is 0 Å². The number of benzene rings is 1. The van der Waals surface area contributed by atoms with Crippen molar-refractivity contribution in [3.05, 3.63) is 35.7 Å². The van der Waals surface area contributed by atoms with E-state index >= 15 is 0 Å². The maximum Gasteiger partial charge on any atom is 0.293 e. The highest BCUT2D eigenvalue weighted by Crippen LogP contribution is 2.29. The normalized spacial score (nSPS) is 18.9. The Morgan fingerprint density at radius 3 is 3.05 bits per heavy atom. The largest absolute Gasteiger partial charge is 0.451 e. The highest BCUT2D eigenvalue weighted by molar-refractivity contribution is 5.82. The van der Waals surface area contributed by atoms with Gasteiger partial charge in [-0.25, -0.2) is 0 Å². The monoisotopic (exact) mass is 270 g/mol. The number of ether oxygens (including phenoxy) is 1. The summed E-state index contributed by atoms with van der Waals surface area (Å²) in [5.41, 5.74) is 2.02. The first kappa shape index (κ1) is 11.7. The van der Waals surface area contributed by atoms with Crippen molar-refractivity contribution in [2.45, 2.75) is 19.3 Å². The number of nitrogens with zero attached hydrogens (tertiary/aromatic N) is 2. The zero-order valence-corrected chi connectivity index (χ0v) is 11.1. The molecule has 20 heavy (non-hydrogen) atoms. The lowest BCUT2D eigenvalue weighted by Gasteiger charge is -1.97. The molecule has 1 aliphatic rings. The summed E-state index contributed by atoms with van der Waals surface area (Å²) in [6.45, 7) is 3.48. The molecule has 0 radical (unpaired) electrons. The molecule has 3 heterocycles. The number of fused-ring (bicyclic) bond motifs is 1. The van der Waals surface area contributed by atoms with Crippen molar-refractivity contribution in [2.24, 2.45) is 0 Å². The lowest BCUT2D eigenvalue weighted by Crippen LogP contribution is -1.99. The number of rotatable bonds is 2. The molecule has 0 spiro atoms. The van der Waals surface area contributed by atoms with Gasteiger partial charge in [0.25, 0.3) is 5.89 Å². The van der Waals surface area contributed by atoms with Gasteiger partial charge in [0.15, 0.2) is 11.6 Å². The molecule has 1 aromatic carbocycles. The Morgan fingerprint density at radius 1 is 1.25 bits per heavy atom. The fourth-order valence-electron chi connectivity index (χ4n) is 2.51. The van der Waals surface area contributed by atoms with Crippen LogP contribution in [0, 0.1) is 6.92 Å². The maximum atomic E-state index is 5.76. The molecular weight excluding hydrogens is 256 g/mol. The molecule has 0 unspecified atom stereocenters. The molecule has 0 saturated carbocycles. The average molecular weight is 270 g/mol. The maximum absolute atomic E-state index is 5.76. The number of hydrogen-bond acceptors (Lipinski definition) is 5. The Labute approximate surface area is 115 Å². The Morgan fingerprint density at radius 2 is 2.20 bits per heavy atom. The van der Waals surface area contributed by atoms with Crippen LogP contribution in [-0.2, 0) is 4.74 Å². The number of furan rings is 1. The third-order valence-corrected chi connectivity index (χ3v) is 3.62. The first-order valence-electron chi connectivity index (χ1n) is 6.71. The van der Waals surface area contributed by atoms with Crippen LogP contribution in [0.25, 0.3) is 22.6 Å². The van der Waals surface area contributed by atoms with Crippen molar-refractivity contribution in [3.63, 3.8) is 0 Å². The summed E-state index contributed by atoms with van der Waals surface area (Å²) < 4.78 is 16.4. The van der Waals surface area contributed by atoms with Crippen LogP contribution in [0.4, 0.5) is 0 Å². The summed E-state index contributed by atoms with van der Waals surface area (Å²) in [4.78, 5) is 4.43. The molecule has 3 aromatic rings. The lowest BCUT2D eigenvalue weighted by atomic mass is 10.1. The van der Waals surface area contributed by atoms with Gasteiger partial charge in [-0.2, -0.15) is 4.98 Å².